The van der Waals surface area contributed by atoms with Crippen LogP contribution in [0, 0.1) is 0 Å². The van der Waals surface area contributed by atoms with Crippen molar-refractivity contribution in [3.05, 3.63) is 0 Å². The number of amides is 1. The molecule has 2 N–H and O–H groups in total. The maximum absolute atomic E-state index is 11.4. The number of rotatable bonds is 7. The van der Waals surface area contributed by atoms with Crippen molar-refractivity contribution in [3.63, 3.8) is 0 Å². The molecule has 88 valence electrons. The summed E-state index contributed by atoms with van der Waals surface area (Å²) in [6.07, 6.45) is 1.28. The molecule has 1 amide bonds. The molecule has 0 atom stereocenters. The highest BCUT2D eigenvalue weighted by Gasteiger charge is 2.08. The van der Waals surface area contributed by atoms with Crippen LogP contribution in [0.25, 0.3) is 0 Å². The van der Waals surface area contributed by atoms with Crippen LogP contribution in [0.5, 0.6) is 0 Å². The standard InChI is InChI=1S/C10H21N3OS/c1-4-13(7-5-9(11)15)8-6-10(14)12(2)3/h4-8H2,1-3H3,(H2,11,15). The Kier molecular flexibility index (Phi) is 7.25. The van der Waals surface area contributed by atoms with E-state index >= 15 is 0 Å². The minimum absolute atomic E-state index is 0.156. The van der Waals surface area contributed by atoms with Gasteiger partial charge in [-0.05, 0) is 6.54 Å². The van der Waals surface area contributed by atoms with Gasteiger partial charge < -0.3 is 15.5 Å². The average Bonchev–Trinajstić information content (AvgIpc) is 2.17. The minimum atomic E-state index is 0.156. The highest BCUT2D eigenvalue weighted by Crippen LogP contribution is 1.96. The van der Waals surface area contributed by atoms with E-state index in [0.29, 0.717) is 11.4 Å². The molecule has 0 heterocycles. The maximum atomic E-state index is 11.4. The molecule has 0 fully saturated rings. The third-order valence-corrected chi connectivity index (χ3v) is 2.47. The molecule has 5 heteroatoms. The van der Waals surface area contributed by atoms with Crippen molar-refractivity contribution in [1.29, 1.82) is 0 Å². The summed E-state index contributed by atoms with van der Waals surface area (Å²) in [5.41, 5.74) is 5.43. The number of hydrogen-bond acceptors (Lipinski definition) is 3. The normalized spacial score (nSPS) is 10.4. The second kappa shape index (κ2) is 7.59. The average molecular weight is 231 g/mol. The summed E-state index contributed by atoms with van der Waals surface area (Å²) in [4.78, 5) is 15.7. The molecule has 0 rings (SSSR count). The van der Waals surface area contributed by atoms with Crippen LogP contribution in [-0.4, -0.2) is 54.4 Å². The Morgan fingerprint density at radius 1 is 1.27 bits per heavy atom. The molecule has 0 unspecified atom stereocenters. The predicted octanol–water partition coefficient (Wildman–Crippen LogP) is 0.463. The summed E-state index contributed by atoms with van der Waals surface area (Å²) in [7, 11) is 3.54. The fourth-order valence-electron chi connectivity index (χ4n) is 1.17. The van der Waals surface area contributed by atoms with Crippen LogP contribution in [0.15, 0.2) is 0 Å². The molecule has 0 aliphatic rings. The summed E-state index contributed by atoms with van der Waals surface area (Å²) in [5, 5.41) is 0. The van der Waals surface area contributed by atoms with Gasteiger partial charge in [0.1, 0.15) is 0 Å². The van der Waals surface area contributed by atoms with Crippen LogP contribution >= 0.6 is 12.2 Å². The van der Waals surface area contributed by atoms with Crippen LogP contribution in [0.4, 0.5) is 0 Å². The molecule has 0 aliphatic heterocycles. The van der Waals surface area contributed by atoms with E-state index in [1.54, 1.807) is 19.0 Å². The Morgan fingerprint density at radius 3 is 2.20 bits per heavy atom. The monoisotopic (exact) mass is 231 g/mol. The highest BCUT2D eigenvalue weighted by atomic mass is 32.1. The Bertz CT molecular complexity index is 219. The van der Waals surface area contributed by atoms with E-state index in [4.69, 9.17) is 18.0 Å². The minimum Gasteiger partial charge on any atom is -0.393 e. The van der Waals surface area contributed by atoms with E-state index in [2.05, 4.69) is 11.8 Å². The molecule has 15 heavy (non-hydrogen) atoms. The van der Waals surface area contributed by atoms with Crippen molar-refractivity contribution >= 4 is 23.1 Å². The molecule has 0 aromatic rings. The molecule has 0 radical (unpaired) electrons. The predicted molar refractivity (Wildman–Crippen MR) is 66.8 cm³/mol. The highest BCUT2D eigenvalue weighted by molar-refractivity contribution is 7.80. The molecule has 0 aromatic heterocycles. The van der Waals surface area contributed by atoms with Gasteiger partial charge in [0.2, 0.25) is 5.91 Å². The van der Waals surface area contributed by atoms with E-state index in [-0.39, 0.29) is 5.91 Å². The third kappa shape index (κ3) is 7.27. The Balaban J connectivity index is 3.79. The Hall–Kier alpha value is -0.680. The summed E-state index contributed by atoms with van der Waals surface area (Å²) < 4.78 is 0. The lowest BCUT2D eigenvalue weighted by Crippen LogP contribution is -2.32. The lowest BCUT2D eigenvalue weighted by atomic mass is 10.3. The fourth-order valence-corrected chi connectivity index (χ4v) is 1.26. The lowest BCUT2D eigenvalue weighted by Gasteiger charge is -2.20. The SMILES string of the molecule is CCN(CCC(=O)N(C)C)CCC(N)=S. The molecule has 0 aliphatic carbocycles. The van der Waals surface area contributed by atoms with E-state index in [1.807, 2.05) is 0 Å². The van der Waals surface area contributed by atoms with E-state index in [1.165, 1.54) is 0 Å². The Morgan fingerprint density at radius 2 is 1.80 bits per heavy atom. The largest absolute Gasteiger partial charge is 0.393 e. The molecular weight excluding hydrogens is 210 g/mol. The molecule has 0 spiro atoms. The van der Waals surface area contributed by atoms with Gasteiger partial charge in [-0.3, -0.25) is 4.79 Å². The number of nitrogens with two attached hydrogens (primary N) is 1. The van der Waals surface area contributed by atoms with E-state index in [9.17, 15) is 4.79 Å². The van der Waals surface area contributed by atoms with Crippen molar-refractivity contribution in [3.8, 4) is 0 Å². The quantitative estimate of drug-likeness (QED) is 0.647. The van der Waals surface area contributed by atoms with E-state index in [0.717, 1.165) is 26.1 Å². The number of carbonyl (C=O) groups excluding carboxylic acids is 1. The molecule has 0 saturated carbocycles. The topological polar surface area (TPSA) is 49.6 Å². The van der Waals surface area contributed by atoms with E-state index < -0.39 is 0 Å². The van der Waals surface area contributed by atoms with Crippen LogP contribution < -0.4 is 5.73 Å². The number of carbonyl (C=O) groups is 1. The fraction of sp³-hybridized carbons (Fsp3) is 0.800. The zero-order valence-electron chi connectivity index (χ0n) is 9.82. The third-order valence-electron chi connectivity index (χ3n) is 2.26. The van der Waals surface area contributed by atoms with Crippen LogP contribution in [-0.2, 0) is 4.79 Å². The van der Waals surface area contributed by atoms with Gasteiger partial charge in [0.25, 0.3) is 0 Å². The summed E-state index contributed by atoms with van der Waals surface area (Å²) >= 11 is 4.82. The first-order valence-electron chi connectivity index (χ1n) is 5.18. The first-order chi connectivity index (χ1) is 6.97. The molecular formula is C10H21N3OS. The van der Waals surface area contributed by atoms with Gasteiger partial charge in [-0.25, -0.2) is 0 Å². The zero-order chi connectivity index (χ0) is 11.8. The first kappa shape index (κ1) is 14.3. The summed E-state index contributed by atoms with van der Waals surface area (Å²) in [5.74, 6) is 0.156. The lowest BCUT2D eigenvalue weighted by molar-refractivity contribution is -0.129. The van der Waals surface area contributed by atoms with Crippen LogP contribution in [0.1, 0.15) is 19.8 Å². The smallest absolute Gasteiger partial charge is 0.223 e. The molecule has 4 nitrogen and oxygen atoms in total. The van der Waals surface area contributed by atoms with Crippen LogP contribution in [0.2, 0.25) is 0 Å². The first-order valence-corrected chi connectivity index (χ1v) is 5.59. The molecule has 0 saturated heterocycles. The van der Waals surface area contributed by atoms with Crippen molar-refractivity contribution < 1.29 is 4.79 Å². The number of thiocarbonyl (C=S) groups is 1. The second-order valence-electron chi connectivity index (χ2n) is 3.69. The van der Waals surface area contributed by atoms with Gasteiger partial charge in [-0.15, -0.1) is 0 Å². The number of nitrogens with zero attached hydrogens (tertiary/aromatic N) is 2. The van der Waals surface area contributed by atoms with Gasteiger partial charge >= 0.3 is 0 Å². The van der Waals surface area contributed by atoms with Crippen molar-refractivity contribution in [1.82, 2.24) is 9.80 Å². The molecule has 0 bridgehead atoms. The van der Waals surface area contributed by atoms with Gasteiger partial charge in [0, 0.05) is 40.0 Å². The van der Waals surface area contributed by atoms with Crippen molar-refractivity contribution in [2.45, 2.75) is 19.8 Å². The maximum Gasteiger partial charge on any atom is 0.223 e. The second-order valence-corrected chi connectivity index (χ2v) is 4.21. The van der Waals surface area contributed by atoms with Gasteiger partial charge in [-0.1, -0.05) is 19.1 Å². The van der Waals surface area contributed by atoms with Gasteiger partial charge in [0.15, 0.2) is 0 Å². The van der Waals surface area contributed by atoms with Crippen molar-refractivity contribution in [2.24, 2.45) is 5.73 Å². The number of hydrogen-bond donors (Lipinski definition) is 1. The molecule has 0 aromatic carbocycles. The van der Waals surface area contributed by atoms with Crippen molar-refractivity contribution in [2.75, 3.05) is 33.7 Å². The van der Waals surface area contributed by atoms with Crippen LogP contribution in [0.3, 0.4) is 0 Å². The summed E-state index contributed by atoms with van der Waals surface area (Å²) in [6, 6.07) is 0. The Labute approximate surface area is 97.4 Å². The zero-order valence-corrected chi connectivity index (χ0v) is 10.6. The van der Waals surface area contributed by atoms with Gasteiger partial charge in [0.05, 0.1) is 4.99 Å². The summed E-state index contributed by atoms with van der Waals surface area (Å²) in [6.45, 7) is 4.60. The van der Waals surface area contributed by atoms with Gasteiger partial charge in [-0.2, -0.15) is 0 Å².